The number of anilines is 2. The molecule has 0 unspecified atom stereocenters. The van der Waals surface area contributed by atoms with Crippen LogP contribution in [0.5, 0.6) is 0 Å². The fourth-order valence-electron chi connectivity index (χ4n) is 2.19. The number of nitrogen functional groups attached to an aromatic ring is 1. The van der Waals surface area contributed by atoms with Gasteiger partial charge < -0.3 is 4.90 Å². The van der Waals surface area contributed by atoms with Crippen LogP contribution in [0.25, 0.3) is 0 Å². The molecule has 106 valence electrons. The van der Waals surface area contributed by atoms with Gasteiger partial charge in [-0.1, -0.05) is 11.3 Å². The quantitative estimate of drug-likeness (QED) is 0.605. The zero-order chi connectivity index (χ0) is 13.9. The Balaban J connectivity index is 1.78. The predicted molar refractivity (Wildman–Crippen MR) is 76.8 cm³/mol. The molecule has 3 rings (SSSR count). The number of rotatable bonds is 4. The number of hydrogen-bond acceptors (Lipinski definition) is 8. The first kappa shape index (κ1) is 13.0. The Morgan fingerprint density at radius 2 is 2.15 bits per heavy atom. The molecular formula is C11H15N7OS. The molecule has 0 amide bonds. The fourth-order valence-corrected chi connectivity index (χ4v) is 2.83. The van der Waals surface area contributed by atoms with Gasteiger partial charge in [0.1, 0.15) is 5.01 Å². The van der Waals surface area contributed by atoms with E-state index < -0.39 is 0 Å². The maximum absolute atomic E-state index is 12.1. The summed E-state index contributed by atoms with van der Waals surface area (Å²) in [6, 6.07) is 1.63. The van der Waals surface area contributed by atoms with Crippen LogP contribution in [0.4, 0.5) is 10.8 Å². The van der Waals surface area contributed by atoms with E-state index in [1.165, 1.54) is 28.9 Å². The Hall–Kier alpha value is -2.00. The molecule has 3 N–H and O–H groups in total. The van der Waals surface area contributed by atoms with Crippen LogP contribution in [0.1, 0.15) is 17.8 Å². The molecule has 20 heavy (non-hydrogen) atoms. The van der Waals surface area contributed by atoms with E-state index in [9.17, 15) is 4.79 Å². The average molecular weight is 293 g/mol. The van der Waals surface area contributed by atoms with Crippen molar-refractivity contribution in [3.8, 4) is 0 Å². The highest BCUT2D eigenvalue weighted by molar-refractivity contribution is 7.15. The number of hydrogen-bond donors (Lipinski definition) is 2. The Morgan fingerprint density at radius 3 is 2.80 bits per heavy atom. The lowest BCUT2D eigenvalue weighted by Crippen LogP contribution is -2.26. The van der Waals surface area contributed by atoms with E-state index in [1.807, 2.05) is 0 Å². The minimum atomic E-state index is -0.133. The molecule has 8 nitrogen and oxygen atoms in total. The number of hydrazine groups is 1. The third-order valence-corrected chi connectivity index (χ3v) is 4.04. The van der Waals surface area contributed by atoms with Crippen molar-refractivity contribution in [1.29, 1.82) is 0 Å². The van der Waals surface area contributed by atoms with Crippen LogP contribution in [0, 0.1) is 0 Å². The van der Waals surface area contributed by atoms with Gasteiger partial charge in [0.2, 0.25) is 5.13 Å². The van der Waals surface area contributed by atoms with Gasteiger partial charge in [-0.15, -0.1) is 10.2 Å². The van der Waals surface area contributed by atoms with E-state index in [2.05, 4.69) is 25.6 Å². The Morgan fingerprint density at radius 1 is 1.35 bits per heavy atom. The summed E-state index contributed by atoms with van der Waals surface area (Å²) >= 11 is 1.30. The summed E-state index contributed by atoms with van der Waals surface area (Å²) in [5, 5.41) is 13.2. The predicted octanol–water partition coefficient (Wildman–Crippen LogP) is 0.0289. The van der Waals surface area contributed by atoms with Gasteiger partial charge in [-0.2, -0.15) is 5.10 Å². The van der Waals surface area contributed by atoms with Gasteiger partial charge in [0.25, 0.3) is 5.56 Å². The third-order valence-electron chi connectivity index (χ3n) is 3.20. The molecule has 1 saturated heterocycles. The van der Waals surface area contributed by atoms with E-state index >= 15 is 0 Å². The normalized spacial score (nSPS) is 14.8. The monoisotopic (exact) mass is 293 g/mol. The molecule has 0 radical (unpaired) electrons. The van der Waals surface area contributed by atoms with Crippen molar-refractivity contribution in [3.05, 3.63) is 27.6 Å². The largest absolute Gasteiger partial charge is 0.370 e. The molecule has 0 atom stereocenters. The first-order chi connectivity index (χ1) is 9.76. The second-order valence-corrected chi connectivity index (χ2v) is 5.61. The zero-order valence-electron chi connectivity index (χ0n) is 10.8. The molecule has 1 fully saturated rings. The van der Waals surface area contributed by atoms with Crippen LogP contribution in [0.2, 0.25) is 0 Å². The van der Waals surface area contributed by atoms with Crippen molar-refractivity contribution >= 4 is 22.2 Å². The molecular weight excluding hydrogens is 278 g/mol. The summed E-state index contributed by atoms with van der Waals surface area (Å²) in [5.74, 6) is 5.24. The van der Waals surface area contributed by atoms with Crippen LogP contribution in [-0.4, -0.2) is 33.1 Å². The van der Waals surface area contributed by atoms with Gasteiger partial charge in [0.05, 0.1) is 18.4 Å². The van der Waals surface area contributed by atoms with Crippen molar-refractivity contribution in [2.24, 2.45) is 5.84 Å². The lowest BCUT2D eigenvalue weighted by molar-refractivity contribution is 0.630. The molecule has 0 spiro atoms. The number of nitrogens with zero attached hydrogens (tertiary/aromatic N) is 5. The smallest absolute Gasteiger partial charge is 0.269 e. The fraction of sp³-hybridized carbons (Fsp3) is 0.455. The molecule has 0 aromatic carbocycles. The maximum atomic E-state index is 12.1. The van der Waals surface area contributed by atoms with E-state index in [4.69, 9.17) is 5.84 Å². The van der Waals surface area contributed by atoms with Crippen molar-refractivity contribution in [1.82, 2.24) is 20.0 Å². The number of aromatic nitrogens is 4. The molecule has 0 bridgehead atoms. The van der Waals surface area contributed by atoms with Crippen molar-refractivity contribution in [3.63, 3.8) is 0 Å². The molecule has 0 saturated carbocycles. The summed E-state index contributed by atoms with van der Waals surface area (Å²) in [5.41, 5.74) is 3.19. The zero-order valence-corrected chi connectivity index (χ0v) is 11.6. The second kappa shape index (κ2) is 5.55. The average Bonchev–Trinajstić information content (AvgIpc) is 3.12. The van der Waals surface area contributed by atoms with E-state index in [0.717, 1.165) is 18.8 Å². The summed E-state index contributed by atoms with van der Waals surface area (Å²) in [6.07, 6.45) is 4.07. The molecule has 2 aromatic heterocycles. The minimum Gasteiger partial charge on any atom is -0.370 e. The van der Waals surface area contributed by atoms with Crippen molar-refractivity contribution < 1.29 is 0 Å². The highest BCUT2D eigenvalue weighted by Crippen LogP contribution is 2.17. The summed E-state index contributed by atoms with van der Waals surface area (Å²) in [6.45, 7) is 2.29. The van der Waals surface area contributed by atoms with Crippen LogP contribution in [-0.2, 0) is 6.54 Å². The van der Waals surface area contributed by atoms with Crippen LogP contribution < -0.4 is 21.7 Å². The summed E-state index contributed by atoms with van der Waals surface area (Å²) in [7, 11) is 0. The first-order valence-electron chi connectivity index (χ1n) is 6.37. The summed E-state index contributed by atoms with van der Waals surface area (Å²) in [4.78, 5) is 14.2. The Kier molecular flexibility index (Phi) is 3.61. The number of nitrogens with two attached hydrogens (primary N) is 1. The van der Waals surface area contributed by atoms with Gasteiger partial charge >= 0.3 is 0 Å². The van der Waals surface area contributed by atoms with Crippen molar-refractivity contribution in [2.75, 3.05) is 23.4 Å². The van der Waals surface area contributed by atoms with Gasteiger partial charge in [0, 0.05) is 19.2 Å². The van der Waals surface area contributed by atoms with Crippen LogP contribution >= 0.6 is 11.3 Å². The molecule has 9 heteroatoms. The lowest BCUT2D eigenvalue weighted by atomic mass is 10.4. The highest BCUT2D eigenvalue weighted by Gasteiger charge is 2.14. The SMILES string of the molecule is NNc1nnc(Cn2ncc(N3CCCC3)cc2=O)s1. The Labute approximate surface area is 119 Å². The standard InChI is InChI=1S/C11H15N7OS/c12-14-11-16-15-9(20-11)7-18-10(19)5-8(6-13-18)17-3-1-2-4-17/h5-6H,1-4,7,12H2,(H,14,16). The van der Waals surface area contributed by atoms with Gasteiger partial charge in [0.15, 0.2) is 0 Å². The van der Waals surface area contributed by atoms with Gasteiger partial charge in [-0.05, 0) is 12.8 Å². The topological polar surface area (TPSA) is 102 Å². The summed E-state index contributed by atoms with van der Waals surface area (Å²) < 4.78 is 1.38. The van der Waals surface area contributed by atoms with E-state index in [0.29, 0.717) is 16.7 Å². The Bertz CT molecular complexity index is 646. The second-order valence-electron chi connectivity index (χ2n) is 4.55. The van der Waals surface area contributed by atoms with E-state index in [-0.39, 0.29) is 5.56 Å². The molecule has 2 aromatic rings. The van der Waals surface area contributed by atoms with E-state index in [1.54, 1.807) is 12.3 Å². The third kappa shape index (κ3) is 2.63. The van der Waals surface area contributed by atoms with Crippen molar-refractivity contribution in [2.45, 2.75) is 19.4 Å². The maximum Gasteiger partial charge on any atom is 0.269 e. The van der Waals surface area contributed by atoms with Gasteiger partial charge in [-0.3, -0.25) is 10.2 Å². The lowest BCUT2D eigenvalue weighted by Gasteiger charge is -2.16. The molecule has 0 aliphatic carbocycles. The molecule has 1 aliphatic rings. The first-order valence-corrected chi connectivity index (χ1v) is 7.19. The molecule has 1 aliphatic heterocycles. The highest BCUT2D eigenvalue weighted by atomic mass is 32.1. The van der Waals surface area contributed by atoms with Crippen LogP contribution in [0.3, 0.4) is 0 Å². The number of nitrogens with one attached hydrogen (secondary N) is 1. The molecule has 3 heterocycles. The van der Waals surface area contributed by atoms with Gasteiger partial charge in [-0.25, -0.2) is 10.5 Å². The van der Waals surface area contributed by atoms with Crippen LogP contribution in [0.15, 0.2) is 17.1 Å². The minimum absolute atomic E-state index is 0.133.